The fourth-order valence-corrected chi connectivity index (χ4v) is 2.12. The summed E-state index contributed by atoms with van der Waals surface area (Å²) in [7, 11) is 2.39. The van der Waals surface area contributed by atoms with Crippen LogP contribution in [0.15, 0.2) is 25.5 Å². The topological polar surface area (TPSA) is 89.2 Å². The van der Waals surface area contributed by atoms with Crippen LogP contribution in [0.5, 0.6) is 11.5 Å². The van der Waals surface area contributed by atoms with Crippen LogP contribution in [0.1, 0.15) is 5.56 Å². The number of fused-ring (bicyclic) bond motifs is 1. The minimum absolute atomic E-state index is 0.0357. The predicted octanol–water partition coefficient (Wildman–Crippen LogP) is 2.32. The maximum atomic E-state index is 13.2. The first-order chi connectivity index (χ1) is 9.84. The zero-order valence-corrected chi connectivity index (χ0v) is 10.7. The highest BCUT2D eigenvalue weighted by atomic mass is 19.4. The molecule has 7 nitrogen and oxygen atoms in total. The molecule has 0 aliphatic carbocycles. The van der Waals surface area contributed by atoms with E-state index in [1.54, 1.807) is 0 Å². The van der Waals surface area contributed by atoms with Crippen molar-refractivity contribution in [1.29, 1.82) is 0 Å². The Balaban J connectivity index is 2.35. The van der Waals surface area contributed by atoms with Gasteiger partial charge in [-0.2, -0.15) is 13.2 Å². The SMILES string of the molecule is COc1c(C2(C(F)(F)F)N=N2)cc2[nH]c(=O)oc2c1OC. The molecule has 0 radical (unpaired) electrons. The first-order valence-corrected chi connectivity index (χ1v) is 5.63. The minimum Gasteiger partial charge on any atom is -0.492 e. The van der Waals surface area contributed by atoms with Gasteiger partial charge in [0.2, 0.25) is 11.3 Å². The van der Waals surface area contributed by atoms with Gasteiger partial charge in [0.1, 0.15) is 0 Å². The van der Waals surface area contributed by atoms with Crippen molar-refractivity contribution in [2.75, 3.05) is 14.2 Å². The molecule has 2 aromatic rings. The third-order valence-corrected chi connectivity index (χ3v) is 3.10. The number of ether oxygens (including phenoxy) is 2. The summed E-state index contributed by atoms with van der Waals surface area (Å²) in [6, 6.07) is 1.06. The van der Waals surface area contributed by atoms with Crippen LogP contribution in [0.4, 0.5) is 13.2 Å². The zero-order chi connectivity index (χ0) is 15.4. The van der Waals surface area contributed by atoms with Crippen LogP contribution < -0.4 is 15.2 Å². The number of benzene rings is 1. The lowest BCUT2D eigenvalue weighted by Crippen LogP contribution is -2.30. The van der Waals surface area contributed by atoms with E-state index in [1.807, 2.05) is 0 Å². The summed E-state index contributed by atoms with van der Waals surface area (Å²) >= 11 is 0. The smallest absolute Gasteiger partial charge is 0.442 e. The van der Waals surface area contributed by atoms with Gasteiger partial charge in [0.05, 0.1) is 25.3 Å². The highest BCUT2D eigenvalue weighted by Crippen LogP contribution is 2.57. The van der Waals surface area contributed by atoms with Gasteiger partial charge in [-0.05, 0) is 6.07 Å². The van der Waals surface area contributed by atoms with Gasteiger partial charge in [-0.15, -0.1) is 10.2 Å². The zero-order valence-electron chi connectivity index (χ0n) is 10.7. The predicted molar refractivity (Wildman–Crippen MR) is 62.5 cm³/mol. The van der Waals surface area contributed by atoms with Gasteiger partial charge < -0.3 is 13.9 Å². The molecular formula is C11H8F3N3O4. The van der Waals surface area contributed by atoms with Crippen molar-refractivity contribution in [1.82, 2.24) is 4.98 Å². The third kappa shape index (κ3) is 1.71. The fourth-order valence-electron chi connectivity index (χ4n) is 2.12. The molecule has 0 fully saturated rings. The van der Waals surface area contributed by atoms with Crippen molar-refractivity contribution in [3.63, 3.8) is 0 Å². The Kier molecular flexibility index (Phi) is 2.56. The summed E-state index contributed by atoms with van der Waals surface area (Å²) in [4.78, 5) is 13.5. The van der Waals surface area contributed by atoms with Crippen molar-refractivity contribution in [2.24, 2.45) is 10.2 Å². The molecule has 1 N–H and O–H groups in total. The number of aromatic amines is 1. The first kappa shape index (κ1) is 13.5. The number of aromatic nitrogens is 1. The maximum absolute atomic E-state index is 13.2. The van der Waals surface area contributed by atoms with Crippen LogP contribution in [0.2, 0.25) is 0 Å². The summed E-state index contributed by atoms with van der Waals surface area (Å²) < 4.78 is 54.3. The van der Waals surface area contributed by atoms with E-state index in [4.69, 9.17) is 13.9 Å². The molecule has 1 aliphatic heterocycles. The van der Waals surface area contributed by atoms with Crippen LogP contribution >= 0.6 is 0 Å². The normalized spacial score (nSPS) is 16.2. The standard InChI is InChI=1S/C11H8F3N3O4/c1-19-6-4(10(16-17-10)11(12,13)14)3-5-7(8(6)20-2)21-9(18)15-5/h3H,1-2H3,(H,15,18). The lowest BCUT2D eigenvalue weighted by molar-refractivity contribution is -0.166. The number of H-pyrrole nitrogens is 1. The molecule has 2 heterocycles. The molecule has 10 heteroatoms. The largest absolute Gasteiger partial charge is 0.492 e. The van der Waals surface area contributed by atoms with Gasteiger partial charge in [0, 0.05) is 0 Å². The molecule has 0 spiro atoms. The molecular weight excluding hydrogens is 295 g/mol. The molecule has 0 saturated heterocycles. The minimum atomic E-state index is -4.73. The van der Waals surface area contributed by atoms with Crippen molar-refractivity contribution in [2.45, 2.75) is 11.8 Å². The van der Waals surface area contributed by atoms with Gasteiger partial charge in [0.25, 0.3) is 0 Å². The number of nitrogens with zero attached hydrogens (tertiary/aromatic N) is 2. The van der Waals surface area contributed by atoms with Gasteiger partial charge in [0.15, 0.2) is 5.75 Å². The lowest BCUT2D eigenvalue weighted by Gasteiger charge is -2.19. The average Bonchev–Trinajstić information content (AvgIpc) is 3.14. The van der Waals surface area contributed by atoms with E-state index < -0.39 is 17.6 Å². The summed E-state index contributed by atoms with van der Waals surface area (Å²) in [5.41, 5.74) is -3.08. The van der Waals surface area contributed by atoms with E-state index in [9.17, 15) is 18.0 Å². The van der Waals surface area contributed by atoms with E-state index in [1.165, 1.54) is 14.2 Å². The Morgan fingerprint density at radius 1 is 1.24 bits per heavy atom. The molecule has 0 unspecified atom stereocenters. The Morgan fingerprint density at radius 3 is 2.33 bits per heavy atom. The number of hydrogen-bond donors (Lipinski definition) is 1. The summed E-state index contributed by atoms with van der Waals surface area (Å²) in [6.07, 6.45) is -4.73. The second-order valence-corrected chi connectivity index (χ2v) is 4.25. The monoisotopic (exact) mass is 303 g/mol. The van der Waals surface area contributed by atoms with Gasteiger partial charge in [-0.3, -0.25) is 4.98 Å². The molecule has 112 valence electrons. The quantitative estimate of drug-likeness (QED) is 0.942. The maximum Gasteiger partial charge on any atom is 0.442 e. The molecule has 1 aromatic heterocycles. The number of rotatable bonds is 3. The summed E-state index contributed by atoms with van der Waals surface area (Å²) in [6.45, 7) is 0. The van der Waals surface area contributed by atoms with Gasteiger partial charge in [-0.25, -0.2) is 4.79 Å². The molecule has 0 amide bonds. The molecule has 0 bridgehead atoms. The van der Waals surface area contributed by atoms with Crippen LogP contribution in [-0.2, 0) is 5.66 Å². The number of alkyl halides is 3. The van der Waals surface area contributed by atoms with E-state index in [2.05, 4.69) is 15.2 Å². The van der Waals surface area contributed by atoms with Crippen molar-refractivity contribution >= 4 is 11.1 Å². The van der Waals surface area contributed by atoms with Crippen LogP contribution in [0, 0.1) is 0 Å². The van der Waals surface area contributed by atoms with E-state index in [-0.39, 0.29) is 28.2 Å². The number of hydrogen-bond acceptors (Lipinski definition) is 6. The van der Waals surface area contributed by atoms with Crippen molar-refractivity contribution < 1.29 is 27.1 Å². The van der Waals surface area contributed by atoms with E-state index in [0.717, 1.165) is 6.07 Å². The number of halogens is 3. The van der Waals surface area contributed by atoms with Crippen LogP contribution in [-0.4, -0.2) is 25.4 Å². The van der Waals surface area contributed by atoms with Crippen LogP contribution in [0.25, 0.3) is 11.1 Å². The van der Waals surface area contributed by atoms with Crippen LogP contribution in [0.3, 0.4) is 0 Å². The Morgan fingerprint density at radius 2 is 1.86 bits per heavy atom. The third-order valence-electron chi connectivity index (χ3n) is 3.10. The molecule has 21 heavy (non-hydrogen) atoms. The highest BCUT2D eigenvalue weighted by Gasteiger charge is 2.66. The second kappa shape index (κ2) is 3.99. The second-order valence-electron chi connectivity index (χ2n) is 4.25. The van der Waals surface area contributed by atoms with Crippen molar-refractivity contribution in [3.8, 4) is 11.5 Å². The number of nitrogens with one attached hydrogen (secondary N) is 1. The molecule has 3 rings (SSSR count). The van der Waals surface area contributed by atoms with Crippen molar-refractivity contribution in [3.05, 3.63) is 22.2 Å². The Labute approximate surface area is 114 Å². The first-order valence-electron chi connectivity index (χ1n) is 5.63. The fraction of sp³-hybridized carbons (Fsp3) is 0.364. The average molecular weight is 303 g/mol. The molecule has 0 saturated carbocycles. The Bertz CT molecular complexity index is 799. The molecule has 0 atom stereocenters. The molecule has 1 aromatic carbocycles. The number of methoxy groups -OCH3 is 2. The summed E-state index contributed by atoms with van der Waals surface area (Å²) in [5.74, 6) is -1.20. The highest BCUT2D eigenvalue weighted by molar-refractivity contribution is 5.84. The summed E-state index contributed by atoms with van der Waals surface area (Å²) in [5, 5.41) is 6.23. The van der Waals surface area contributed by atoms with Gasteiger partial charge in [-0.1, -0.05) is 0 Å². The van der Waals surface area contributed by atoms with E-state index in [0.29, 0.717) is 0 Å². The van der Waals surface area contributed by atoms with E-state index >= 15 is 0 Å². The Hall–Kier alpha value is -2.52. The number of oxazole rings is 1. The molecule has 1 aliphatic rings. The van der Waals surface area contributed by atoms with Gasteiger partial charge >= 0.3 is 17.6 Å². The lowest BCUT2D eigenvalue weighted by atomic mass is 10.0.